The van der Waals surface area contributed by atoms with E-state index in [9.17, 15) is 10.1 Å². The number of hydrogen-bond donors (Lipinski definition) is 1. The monoisotopic (exact) mass is 325 g/mol. The third-order valence-electron chi connectivity index (χ3n) is 3.14. The highest BCUT2D eigenvalue weighted by atomic mass is 32.2. The molecule has 22 heavy (non-hydrogen) atoms. The Bertz CT molecular complexity index is 577. The molecule has 0 unspecified atom stereocenters. The Morgan fingerprint density at radius 2 is 2.36 bits per heavy atom. The Morgan fingerprint density at radius 1 is 1.55 bits per heavy atom. The van der Waals surface area contributed by atoms with Crippen LogP contribution in [0.4, 0.5) is 5.69 Å². The lowest BCUT2D eigenvalue weighted by molar-refractivity contribution is -0.385. The molecule has 0 spiro atoms. The molecular formula is C14H19N3O4S. The Morgan fingerprint density at radius 3 is 3.09 bits per heavy atom. The summed E-state index contributed by atoms with van der Waals surface area (Å²) in [6.07, 6.45) is 2.06. The Kier molecular flexibility index (Phi) is 6.02. The number of thioether (sulfide) groups is 1. The van der Waals surface area contributed by atoms with Crippen molar-refractivity contribution < 1.29 is 14.4 Å². The molecule has 0 atom stereocenters. The van der Waals surface area contributed by atoms with E-state index < -0.39 is 4.92 Å². The van der Waals surface area contributed by atoms with Crippen molar-refractivity contribution in [2.45, 2.75) is 32.1 Å². The number of nitro benzene ring substituents is 1. The third-order valence-corrected chi connectivity index (χ3v) is 4.02. The lowest BCUT2D eigenvalue weighted by Gasteiger charge is -2.20. The predicted molar refractivity (Wildman–Crippen MR) is 86.1 cm³/mol. The van der Waals surface area contributed by atoms with Gasteiger partial charge in [0.15, 0.2) is 12.0 Å². The molecule has 0 fully saturated rings. The van der Waals surface area contributed by atoms with Gasteiger partial charge in [-0.15, -0.1) is 0 Å². The number of hydrogen-bond acceptors (Lipinski definition) is 6. The molecule has 120 valence electrons. The van der Waals surface area contributed by atoms with Crippen LogP contribution in [0.15, 0.2) is 17.1 Å². The van der Waals surface area contributed by atoms with Crippen LogP contribution in [-0.4, -0.2) is 23.4 Å². The van der Waals surface area contributed by atoms with Crippen LogP contribution in [0.5, 0.6) is 5.75 Å². The topological polar surface area (TPSA) is 100.0 Å². The van der Waals surface area contributed by atoms with Gasteiger partial charge in [-0.05, 0) is 6.42 Å². The van der Waals surface area contributed by atoms with Crippen LogP contribution >= 0.6 is 11.8 Å². The second-order valence-electron chi connectivity index (χ2n) is 4.82. The predicted octanol–water partition coefficient (Wildman–Crippen LogP) is 2.81. The van der Waals surface area contributed by atoms with Crippen LogP contribution in [-0.2, 0) is 17.1 Å². The molecule has 8 heteroatoms. The highest BCUT2D eigenvalue weighted by Gasteiger charge is 2.21. The Labute approximate surface area is 133 Å². The molecule has 1 heterocycles. The van der Waals surface area contributed by atoms with Crippen LogP contribution in [0.3, 0.4) is 0 Å². The summed E-state index contributed by atoms with van der Waals surface area (Å²) in [5.41, 5.74) is 7.32. The van der Waals surface area contributed by atoms with Crippen LogP contribution in [0.2, 0.25) is 0 Å². The molecule has 1 aromatic carbocycles. The first kappa shape index (κ1) is 16.6. The van der Waals surface area contributed by atoms with Gasteiger partial charge in [-0.1, -0.05) is 25.1 Å². The molecule has 0 saturated carbocycles. The third kappa shape index (κ3) is 4.35. The SMILES string of the molecule is CCCCN=C(N)SCc1cc([N+](=O)[O-])cc2c1OCOC2. The van der Waals surface area contributed by atoms with Crippen LogP contribution in [0.25, 0.3) is 0 Å². The number of ether oxygens (including phenoxy) is 2. The van der Waals surface area contributed by atoms with Crippen molar-refractivity contribution in [1.29, 1.82) is 0 Å². The zero-order chi connectivity index (χ0) is 15.9. The summed E-state index contributed by atoms with van der Waals surface area (Å²) >= 11 is 1.36. The average molecular weight is 325 g/mol. The summed E-state index contributed by atoms with van der Waals surface area (Å²) in [4.78, 5) is 14.9. The van der Waals surface area contributed by atoms with E-state index >= 15 is 0 Å². The largest absolute Gasteiger partial charge is 0.467 e. The number of amidine groups is 1. The number of nitrogens with zero attached hydrogens (tertiary/aromatic N) is 2. The fourth-order valence-electron chi connectivity index (χ4n) is 2.04. The molecule has 7 nitrogen and oxygen atoms in total. The van der Waals surface area contributed by atoms with Gasteiger partial charge in [0, 0.05) is 35.6 Å². The summed E-state index contributed by atoms with van der Waals surface area (Å²) in [5.74, 6) is 1.14. The first-order valence-corrected chi connectivity index (χ1v) is 8.03. The highest BCUT2D eigenvalue weighted by molar-refractivity contribution is 8.13. The van der Waals surface area contributed by atoms with Gasteiger partial charge in [-0.2, -0.15) is 0 Å². The van der Waals surface area contributed by atoms with Crippen LogP contribution in [0, 0.1) is 10.1 Å². The molecule has 0 radical (unpaired) electrons. The maximum atomic E-state index is 11.0. The summed E-state index contributed by atoms with van der Waals surface area (Å²) < 4.78 is 10.7. The van der Waals surface area contributed by atoms with Crippen molar-refractivity contribution in [3.63, 3.8) is 0 Å². The number of nitro groups is 1. The standard InChI is InChI=1S/C14H19N3O4S/c1-2-3-4-16-14(15)22-8-11-6-12(17(18)19)5-10-7-20-9-21-13(10)11/h5-6H,2-4,7-9H2,1H3,(H2,15,16). The zero-order valence-corrected chi connectivity index (χ0v) is 13.2. The van der Waals surface area contributed by atoms with E-state index in [-0.39, 0.29) is 12.5 Å². The summed E-state index contributed by atoms with van der Waals surface area (Å²) in [6.45, 7) is 3.26. The number of non-ortho nitro benzene ring substituents is 1. The molecule has 2 N–H and O–H groups in total. The normalized spacial score (nSPS) is 14.3. The van der Waals surface area contributed by atoms with E-state index in [1.165, 1.54) is 23.9 Å². The molecule has 0 aliphatic carbocycles. The number of aliphatic imine (C=N–C) groups is 1. The highest BCUT2D eigenvalue weighted by Crippen LogP contribution is 2.34. The smallest absolute Gasteiger partial charge is 0.270 e. The minimum Gasteiger partial charge on any atom is -0.467 e. The van der Waals surface area contributed by atoms with Gasteiger partial charge in [0.05, 0.1) is 11.5 Å². The lowest BCUT2D eigenvalue weighted by atomic mass is 10.1. The molecule has 1 aromatic rings. The fourth-order valence-corrected chi connectivity index (χ4v) is 2.74. The first-order chi connectivity index (χ1) is 10.6. The fraction of sp³-hybridized carbons (Fsp3) is 0.500. The van der Waals surface area contributed by atoms with E-state index in [0.29, 0.717) is 35.4 Å². The van der Waals surface area contributed by atoms with E-state index in [2.05, 4.69) is 11.9 Å². The van der Waals surface area contributed by atoms with E-state index in [1.807, 2.05) is 0 Å². The van der Waals surface area contributed by atoms with Gasteiger partial charge >= 0.3 is 0 Å². The number of fused-ring (bicyclic) bond motifs is 1. The van der Waals surface area contributed by atoms with Gasteiger partial charge in [0.25, 0.3) is 5.69 Å². The lowest BCUT2D eigenvalue weighted by Crippen LogP contribution is -2.14. The molecule has 0 bridgehead atoms. The summed E-state index contributed by atoms with van der Waals surface area (Å²) in [7, 11) is 0. The van der Waals surface area contributed by atoms with Crippen molar-refractivity contribution in [1.82, 2.24) is 0 Å². The maximum absolute atomic E-state index is 11.0. The number of nitrogens with two attached hydrogens (primary N) is 1. The zero-order valence-electron chi connectivity index (χ0n) is 12.4. The summed E-state index contributed by atoms with van der Waals surface area (Å²) in [6, 6.07) is 3.01. The van der Waals surface area contributed by atoms with Crippen molar-refractivity contribution >= 4 is 22.6 Å². The van der Waals surface area contributed by atoms with E-state index in [1.54, 1.807) is 0 Å². The minimum absolute atomic E-state index is 0.0324. The first-order valence-electron chi connectivity index (χ1n) is 7.05. The van der Waals surface area contributed by atoms with Crippen molar-refractivity contribution in [2.75, 3.05) is 13.3 Å². The minimum atomic E-state index is -0.415. The molecule has 0 aromatic heterocycles. The van der Waals surface area contributed by atoms with Gasteiger partial charge < -0.3 is 15.2 Å². The number of benzene rings is 1. The quantitative estimate of drug-likeness (QED) is 0.284. The molecule has 1 aliphatic rings. The summed E-state index contributed by atoms with van der Waals surface area (Å²) in [5, 5.41) is 11.5. The second-order valence-corrected chi connectivity index (χ2v) is 5.82. The number of unbranched alkanes of at least 4 members (excludes halogenated alkanes) is 1. The van der Waals surface area contributed by atoms with Crippen molar-refractivity contribution in [3.05, 3.63) is 33.4 Å². The second kappa shape index (κ2) is 8.00. The van der Waals surface area contributed by atoms with Gasteiger partial charge in [0.1, 0.15) is 5.75 Å². The van der Waals surface area contributed by atoms with Gasteiger partial charge in [-0.25, -0.2) is 0 Å². The van der Waals surface area contributed by atoms with Crippen molar-refractivity contribution in [3.8, 4) is 5.75 Å². The van der Waals surface area contributed by atoms with E-state index in [4.69, 9.17) is 15.2 Å². The van der Waals surface area contributed by atoms with Gasteiger partial charge in [-0.3, -0.25) is 15.1 Å². The van der Waals surface area contributed by atoms with E-state index in [0.717, 1.165) is 18.4 Å². The Hall–Kier alpha value is -1.80. The van der Waals surface area contributed by atoms with Crippen LogP contribution in [0.1, 0.15) is 30.9 Å². The van der Waals surface area contributed by atoms with Gasteiger partial charge in [0.2, 0.25) is 0 Å². The Balaban J connectivity index is 2.13. The average Bonchev–Trinajstić information content (AvgIpc) is 2.52. The molecule has 1 aliphatic heterocycles. The van der Waals surface area contributed by atoms with Crippen LogP contribution < -0.4 is 10.5 Å². The van der Waals surface area contributed by atoms with Crippen molar-refractivity contribution in [2.24, 2.45) is 10.7 Å². The molecular weight excluding hydrogens is 306 g/mol. The maximum Gasteiger partial charge on any atom is 0.270 e. The molecule has 0 saturated heterocycles. The molecule has 2 rings (SSSR count). The number of rotatable bonds is 6. The molecule has 0 amide bonds.